The Bertz CT molecular complexity index is 293. The van der Waals surface area contributed by atoms with E-state index in [0.717, 1.165) is 25.9 Å². The molecule has 0 bridgehead atoms. The van der Waals surface area contributed by atoms with Crippen LogP contribution in [0.25, 0.3) is 0 Å². The molecule has 2 amide bonds. The minimum absolute atomic E-state index is 0.0237. The van der Waals surface area contributed by atoms with E-state index in [4.69, 9.17) is 5.11 Å². The van der Waals surface area contributed by atoms with Crippen molar-refractivity contribution in [3.05, 3.63) is 0 Å². The van der Waals surface area contributed by atoms with Crippen LogP contribution in [0.4, 0.5) is 0 Å². The van der Waals surface area contributed by atoms with E-state index in [1.807, 2.05) is 4.90 Å². The first kappa shape index (κ1) is 11.4. The summed E-state index contributed by atoms with van der Waals surface area (Å²) in [5, 5.41) is 11.5. The minimum Gasteiger partial charge on any atom is -0.396 e. The molecule has 0 aromatic carbocycles. The maximum Gasteiger partial charge on any atom is 0.245 e. The van der Waals surface area contributed by atoms with E-state index in [2.05, 4.69) is 5.32 Å². The van der Waals surface area contributed by atoms with E-state index >= 15 is 0 Å². The Morgan fingerprint density at radius 2 is 2.31 bits per heavy atom. The molecule has 2 unspecified atom stereocenters. The molecule has 0 aromatic rings. The summed E-state index contributed by atoms with van der Waals surface area (Å²) in [4.78, 5) is 24.8. The maximum absolute atomic E-state index is 12.0. The van der Waals surface area contributed by atoms with Gasteiger partial charge < -0.3 is 15.3 Å². The Kier molecular flexibility index (Phi) is 3.43. The SMILES string of the molecule is O=C1CCC(C(=O)N2CCC(CCO)C2)N1. The molecule has 0 radical (unpaired) electrons. The molecule has 0 spiro atoms. The van der Waals surface area contributed by atoms with Crippen LogP contribution >= 0.6 is 0 Å². The fourth-order valence-electron chi connectivity index (χ4n) is 2.47. The highest BCUT2D eigenvalue weighted by atomic mass is 16.3. The van der Waals surface area contributed by atoms with E-state index in [1.54, 1.807) is 0 Å². The van der Waals surface area contributed by atoms with Gasteiger partial charge in [0.05, 0.1) is 0 Å². The van der Waals surface area contributed by atoms with Crippen molar-refractivity contribution in [2.24, 2.45) is 5.92 Å². The lowest BCUT2D eigenvalue weighted by molar-refractivity contribution is -0.133. The summed E-state index contributed by atoms with van der Waals surface area (Å²) in [7, 11) is 0. The average molecular weight is 226 g/mol. The molecule has 2 heterocycles. The highest BCUT2D eigenvalue weighted by Crippen LogP contribution is 2.21. The molecule has 2 aliphatic rings. The molecule has 0 saturated carbocycles. The number of hydrogen-bond donors (Lipinski definition) is 2. The number of rotatable bonds is 3. The predicted octanol–water partition coefficient (Wildman–Crippen LogP) is -0.504. The standard InChI is InChI=1S/C11H18N2O3/c14-6-4-8-3-5-13(7-8)11(16)9-1-2-10(15)12-9/h8-9,14H,1-7H2,(H,12,15). The molecule has 2 rings (SSSR count). The number of nitrogens with zero attached hydrogens (tertiary/aromatic N) is 1. The topological polar surface area (TPSA) is 69.6 Å². The van der Waals surface area contributed by atoms with E-state index in [0.29, 0.717) is 18.8 Å². The number of likely N-dealkylation sites (tertiary alicyclic amines) is 1. The minimum atomic E-state index is -0.305. The summed E-state index contributed by atoms with van der Waals surface area (Å²) >= 11 is 0. The largest absolute Gasteiger partial charge is 0.396 e. The second kappa shape index (κ2) is 4.82. The van der Waals surface area contributed by atoms with Crippen molar-refractivity contribution in [1.82, 2.24) is 10.2 Å². The van der Waals surface area contributed by atoms with Crippen LogP contribution in [0, 0.1) is 5.92 Å². The lowest BCUT2D eigenvalue weighted by Gasteiger charge is -2.20. The second-order valence-electron chi connectivity index (χ2n) is 4.61. The molecule has 90 valence electrons. The van der Waals surface area contributed by atoms with Gasteiger partial charge in [0.1, 0.15) is 6.04 Å². The number of nitrogens with one attached hydrogen (secondary N) is 1. The van der Waals surface area contributed by atoms with Gasteiger partial charge >= 0.3 is 0 Å². The van der Waals surface area contributed by atoms with Crippen LogP contribution in [0.3, 0.4) is 0 Å². The predicted molar refractivity (Wildman–Crippen MR) is 57.6 cm³/mol. The highest BCUT2D eigenvalue weighted by Gasteiger charge is 2.34. The van der Waals surface area contributed by atoms with E-state index in [-0.39, 0.29) is 24.5 Å². The summed E-state index contributed by atoms with van der Waals surface area (Å²) in [6, 6.07) is -0.305. The van der Waals surface area contributed by atoms with Crippen molar-refractivity contribution in [2.75, 3.05) is 19.7 Å². The highest BCUT2D eigenvalue weighted by molar-refractivity contribution is 5.90. The number of carbonyl (C=O) groups is 2. The number of aliphatic hydroxyl groups excluding tert-OH is 1. The van der Waals surface area contributed by atoms with Gasteiger partial charge in [-0.3, -0.25) is 9.59 Å². The second-order valence-corrected chi connectivity index (χ2v) is 4.61. The van der Waals surface area contributed by atoms with Crippen molar-refractivity contribution < 1.29 is 14.7 Å². The first-order chi connectivity index (χ1) is 7.70. The van der Waals surface area contributed by atoms with Gasteiger partial charge in [-0.05, 0) is 25.2 Å². The molecule has 2 aliphatic heterocycles. The van der Waals surface area contributed by atoms with Gasteiger partial charge in [-0.15, -0.1) is 0 Å². The van der Waals surface area contributed by atoms with Crippen LogP contribution in [-0.2, 0) is 9.59 Å². The Hall–Kier alpha value is -1.10. The molecule has 2 fully saturated rings. The van der Waals surface area contributed by atoms with Gasteiger partial charge in [-0.2, -0.15) is 0 Å². The molecule has 2 saturated heterocycles. The smallest absolute Gasteiger partial charge is 0.245 e. The van der Waals surface area contributed by atoms with E-state index < -0.39 is 0 Å². The quantitative estimate of drug-likeness (QED) is 0.681. The van der Waals surface area contributed by atoms with Crippen LogP contribution < -0.4 is 5.32 Å². The summed E-state index contributed by atoms with van der Waals surface area (Å²) in [6.07, 6.45) is 2.82. The Morgan fingerprint density at radius 3 is 2.94 bits per heavy atom. The zero-order valence-corrected chi connectivity index (χ0v) is 9.32. The number of amides is 2. The fraction of sp³-hybridized carbons (Fsp3) is 0.818. The van der Waals surface area contributed by atoms with Crippen LogP contribution in [0.2, 0.25) is 0 Å². The molecular weight excluding hydrogens is 208 g/mol. The summed E-state index contributed by atoms with van der Waals surface area (Å²) in [5.41, 5.74) is 0. The van der Waals surface area contributed by atoms with E-state index in [9.17, 15) is 9.59 Å². The third-order valence-corrected chi connectivity index (χ3v) is 3.43. The lowest BCUT2D eigenvalue weighted by Crippen LogP contribution is -2.43. The normalized spacial score (nSPS) is 29.6. The Morgan fingerprint density at radius 1 is 1.50 bits per heavy atom. The van der Waals surface area contributed by atoms with Crippen LogP contribution in [-0.4, -0.2) is 47.6 Å². The van der Waals surface area contributed by atoms with Gasteiger partial charge in [0.15, 0.2) is 0 Å². The molecular formula is C11H18N2O3. The summed E-state index contributed by atoms with van der Waals surface area (Å²) < 4.78 is 0. The van der Waals surface area contributed by atoms with Gasteiger partial charge in [0.2, 0.25) is 11.8 Å². The van der Waals surface area contributed by atoms with Crippen molar-refractivity contribution in [3.63, 3.8) is 0 Å². The first-order valence-electron chi connectivity index (χ1n) is 5.89. The lowest BCUT2D eigenvalue weighted by atomic mass is 10.1. The molecule has 2 atom stereocenters. The Balaban J connectivity index is 1.84. The zero-order chi connectivity index (χ0) is 11.5. The van der Waals surface area contributed by atoms with Crippen LogP contribution in [0.5, 0.6) is 0 Å². The first-order valence-corrected chi connectivity index (χ1v) is 5.89. The number of aliphatic hydroxyl groups is 1. The van der Waals surface area contributed by atoms with Crippen LogP contribution in [0.15, 0.2) is 0 Å². The van der Waals surface area contributed by atoms with Crippen molar-refractivity contribution >= 4 is 11.8 Å². The molecule has 0 aliphatic carbocycles. The number of carbonyl (C=O) groups excluding carboxylic acids is 2. The zero-order valence-electron chi connectivity index (χ0n) is 9.32. The summed E-state index contributed by atoms with van der Waals surface area (Å²) in [5.74, 6) is 0.446. The van der Waals surface area contributed by atoms with Crippen molar-refractivity contribution in [2.45, 2.75) is 31.7 Å². The van der Waals surface area contributed by atoms with Gasteiger partial charge in [-0.1, -0.05) is 0 Å². The van der Waals surface area contributed by atoms with Crippen LogP contribution in [0.1, 0.15) is 25.7 Å². The van der Waals surface area contributed by atoms with Crippen molar-refractivity contribution in [3.8, 4) is 0 Å². The number of hydrogen-bond acceptors (Lipinski definition) is 3. The average Bonchev–Trinajstić information content (AvgIpc) is 2.87. The Labute approximate surface area is 94.8 Å². The maximum atomic E-state index is 12.0. The summed E-state index contributed by atoms with van der Waals surface area (Å²) in [6.45, 7) is 1.68. The molecule has 5 heteroatoms. The van der Waals surface area contributed by atoms with E-state index in [1.165, 1.54) is 0 Å². The van der Waals surface area contributed by atoms with Crippen molar-refractivity contribution in [1.29, 1.82) is 0 Å². The van der Waals surface area contributed by atoms with Gasteiger partial charge in [-0.25, -0.2) is 0 Å². The fourth-order valence-corrected chi connectivity index (χ4v) is 2.47. The third kappa shape index (κ3) is 2.35. The van der Waals surface area contributed by atoms with Gasteiger partial charge in [0, 0.05) is 26.1 Å². The molecule has 2 N–H and O–H groups in total. The van der Waals surface area contributed by atoms with Gasteiger partial charge in [0.25, 0.3) is 0 Å². The molecule has 0 aromatic heterocycles. The molecule has 5 nitrogen and oxygen atoms in total. The third-order valence-electron chi connectivity index (χ3n) is 3.43. The molecule has 16 heavy (non-hydrogen) atoms. The monoisotopic (exact) mass is 226 g/mol.